The molecule has 3 rings (SSSR count). The van der Waals surface area contributed by atoms with E-state index in [2.05, 4.69) is 15.2 Å². The van der Waals surface area contributed by atoms with Crippen LogP contribution < -0.4 is 5.73 Å². The van der Waals surface area contributed by atoms with Crippen LogP contribution in [0.1, 0.15) is 0 Å². The molecular formula is C11H8N4S. The highest BCUT2D eigenvalue weighted by molar-refractivity contribution is 7.18. The molecule has 0 radical (unpaired) electrons. The van der Waals surface area contributed by atoms with Gasteiger partial charge in [0.15, 0.2) is 5.01 Å². The lowest BCUT2D eigenvalue weighted by Gasteiger charge is -2.00. The topological polar surface area (TPSA) is 64.7 Å². The molecule has 0 fully saturated rings. The molecule has 0 aliphatic heterocycles. The molecule has 3 aromatic rings. The van der Waals surface area contributed by atoms with Gasteiger partial charge in [0.25, 0.3) is 0 Å². The summed E-state index contributed by atoms with van der Waals surface area (Å²) in [4.78, 5) is 4.34. The molecule has 0 unspecified atom stereocenters. The summed E-state index contributed by atoms with van der Waals surface area (Å²) in [6, 6.07) is 10.0. The minimum absolute atomic E-state index is 0.463. The van der Waals surface area contributed by atoms with Gasteiger partial charge in [0.05, 0.1) is 0 Å². The predicted molar refractivity (Wildman–Crippen MR) is 65.1 cm³/mol. The summed E-state index contributed by atoms with van der Waals surface area (Å²) in [7, 11) is 0. The van der Waals surface area contributed by atoms with Crippen molar-refractivity contribution >= 4 is 27.2 Å². The van der Waals surface area contributed by atoms with Gasteiger partial charge in [-0.15, -0.1) is 10.2 Å². The molecule has 2 N–H and O–H groups in total. The van der Waals surface area contributed by atoms with Crippen molar-refractivity contribution in [1.82, 2.24) is 15.2 Å². The van der Waals surface area contributed by atoms with E-state index < -0.39 is 0 Å². The summed E-state index contributed by atoms with van der Waals surface area (Å²) in [5.74, 6) is 0. The number of benzene rings is 1. The third-order valence-corrected chi connectivity index (χ3v) is 3.08. The summed E-state index contributed by atoms with van der Waals surface area (Å²) in [6.07, 6.45) is 1.77. The smallest absolute Gasteiger partial charge is 0.203 e. The number of nitrogen functional groups attached to an aromatic ring is 1. The zero-order valence-corrected chi connectivity index (χ0v) is 9.11. The maximum atomic E-state index is 5.58. The molecule has 0 bridgehead atoms. The van der Waals surface area contributed by atoms with Crippen LogP contribution in [0.2, 0.25) is 0 Å². The number of aromatic nitrogens is 3. The van der Waals surface area contributed by atoms with Gasteiger partial charge in [-0.05, 0) is 11.5 Å². The first-order chi connectivity index (χ1) is 7.84. The van der Waals surface area contributed by atoms with Crippen LogP contribution in [0.25, 0.3) is 21.5 Å². The van der Waals surface area contributed by atoms with Crippen molar-refractivity contribution in [3.8, 4) is 10.7 Å². The van der Waals surface area contributed by atoms with Gasteiger partial charge < -0.3 is 5.73 Å². The Morgan fingerprint density at radius 3 is 2.75 bits per heavy atom. The Morgan fingerprint density at radius 1 is 1.06 bits per heavy atom. The largest absolute Gasteiger partial charge is 0.374 e. The maximum absolute atomic E-state index is 5.58. The monoisotopic (exact) mass is 228 g/mol. The predicted octanol–water partition coefficient (Wildman–Crippen LogP) is 2.34. The number of anilines is 1. The summed E-state index contributed by atoms with van der Waals surface area (Å²) < 4.78 is 0. The summed E-state index contributed by atoms with van der Waals surface area (Å²) in [5, 5.41) is 11.3. The molecule has 0 amide bonds. The van der Waals surface area contributed by atoms with E-state index in [-0.39, 0.29) is 0 Å². The number of hydrogen-bond acceptors (Lipinski definition) is 5. The van der Waals surface area contributed by atoms with Crippen LogP contribution in [0.3, 0.4) is 0 Å². The van der Waals surface area contributed by atoms with Crippen LogP contribution in [-0.4, -0.2) is 15.2 Å². The van der Waals surface area contributed by atoms with Crippen LogP contribution in [-0.2, 0) is 0 Å². The van der Waals surface area contributed by atoms with Crippen molar-refractivity contribution in [1.29, 1.82) is 0 Å². The maximum Gasteiger partial charge on any atom is 0.203 e. The fourth-order valence-electron chi connectivity index (χ4n) is 1.62. The first-order valence-electron chi connectivity index (χ1n) is 4.78. The molecule has 0 saturated carbocycles. The minimum atomic E-state index is 0.463. The molecule has 0 saturated heterocycles. The van der Waals surface area contributed by atoms with Gasteiger partial charge in [-0.3, -0.25) is 4.98 Å². The third-order valence-electron chi connectivity index (χ3n) is 2.32. The van der Waals surface area contributed by atoms with Crippen LogP contribution >= 0.6 is 11.3 Å². The second-order valence-electron chi connectivity index (χ2n) is 3.33. The van der Waals surface area contributed by atoms with E-state index in [1.54, 1.807) is 6.20 Å². The zero-order valence-electron chi connectivity index (χ0n) is 8.29. The summed E-state index contributed by atoms with van der Waals surface area (Å²) in [5.41, 5.74) is 6.42. The van der Waals surface area contributed by atoms with Crippen LogP contribution in [0.4, 0.5) is 5.13 Å². The van der Waals surface area contributed by atoms with Crippen molar-refractivity contribution in [2.24, 2.45) is 0 Å². The summed E-state index contributed by atoms with van der Waals surface area (Å²) >= 11 is 1.35. The molecule has 5 heteroatoms. The van der Waals surface area contributed by atoms with Crippen molar-refractivity contribution in [2.45, 2.75) is 0 Å². The van der Waals surface area contributed by atoms with Gasteiger partial charge in [-0.1, -0.05) is 35.6 Å². The van der Waals surface area contributed by atoms with E-state index in [4.69, 9.17) is 5.73 Å². The quantitative estimate of drug-likeness (QED) is 0.694. The molecule has 0 spiro atoms. The lowest BCUT2D eigenvalue weighted by molar-refractivity contribution is 1.10. The SMILES string of the molecule is Nc1nnc(-c2nccc3ccccc23)s1. The standard InChI is InChI=1S/C11H8N4S/c12-11-15-14-10(16-11)9-8-4-2-1-3-7(8)5-6-13-9/h1-6H,(H2,12,15). The van der Waals surface area contributed by atoms with E-state index in [1.165, 1.54) is 11.3 Å². The van der Waals surface area contributed by atoms with Gasteiger partial charge in [0, 0.05) is 11.6 Å². The highest BCUT2D eigenvalue weighted by Crippen LogP contribution is 2.28. The van der Waals surface area contributed by atoms with Crippen LogP contribution in [0.15, 0.2) is 36.5 Å². The number of hydrogen-bond donors (Lipinski definition) is 1. The van der Waals surface area contributed by atoms with Gasteiger partial charge in [0.2, 0.25) is 5.13 Å². The molecule has 0 atom stereocenters. The molecule has 16 heavy (non-hydrogen) atoms. The zero-order chi connectivity index (χ0) is 11.0. The molecule has 2 aromatic heterocycles. The number of fused-ring (bicyclic) bond motifs is 1. The average Bonchev–Trinajstić information content (AvgIpc) is 2.75. The molecule has 0 aliphatic carbocycles. The van der Waals surface area contributed by atoms with E-state index in [0.717, 1.165) is 21.5 Å². The van der Waals surface area contributed by atoms with E-state index in [9.17, 15) is 0 Å². The minimum Gasteiger partial charge on any atom is -0.374 e. The Hall–Kier alpha value is -2.01. The summed E-state index contributed by atoms with van der Waals surface area (Å²) in [6.45, 7) is 0. The Kier molecular flexibility index (Phi) is 2.04. The Labute approximate surface area is 95.8 Å². The van der Waals surface area contributed by atoms with Crippen molar-refractivity contribution in [3.63, 3.8) is 0 Å². The van der Waals surface area contributed by atoms with E-state index in [1.807, 2.05) is 30.3 Å². The Balaban J connectivity index is 2.31. The van der Waals surface area contributed by atoms with Gasteiger partial charge in [-0.2, -0.15) is 0 Å². The third kappa shape index (κ3) is 1.42. The molecule has 78 valence electrons. The number of rotatable bonds is 1. The number of nitrogens with two attached hydrogens (primary N) is 1. The average molecular weight is 228 g/mol. The molecule has 2 heterocycles. The first-order valence-corrected chi connectivity index (χ1v) is 5.59. The van der Waals surface area contributed by atoms with Gasteiger partial charge >= 0.3 is 0 Å². The Bertz CT molecular complexity index is 642. The highest BCUT2D eigenvalue weighted by Gasteiger charge is 2.09. The second-order valence-corrected chi connectivity index (χ2v) is 4.34. The van der Waals surface area contributed by atoms with Crippen molar-refractivity contribution < 1.29 is 0 Å². The van der Waals surface area contributed by atoms with Crippen molar-refractivity contribution in [2.75, 3.05) is 5.73 Å². The van der Waals surface area contributed by atoms with E-state index in [0.29, 0.717) is 5.13 Å². The molecule has 1 aromatic carbocycles. The Morgan fingerprint density at radius 2 is 1.94 bits per heavy atom. The van der Waals surface area contributed by atoms with Crippen LogP contribution in [0.5, 0.6) is 0 Å². The van der Waals surface area contributed by atoms with Gasteiger partial charge in [-0.25, -0.2) is 0 Å². The lowest BCUT2D eigenvalue weighted by atomic mass is 10.1. The normalized spacial score (nSPS) is 10.8. The van der Waals surface area contributed by atoms with Crippen molar-refractivity contribution in [3.05, 3.63) is 36.5 Å². The lowest BCUT2D eigenvalue weighted by Crippen LogP contribution is -1.85. The second kappa shape index (κ2) is 3.53. The number of nitrogens with zero attached hydrogens (tertiary/aromatic N) is 3. The van der Waals surface area contributed by atoms with E-state index >= 15 is 0 Å². The van der Waals surface area contributed by atoms with Gasteiger partial charge in [0.1, 0.15) is 5.69 Å². The van der Waals surface area contributed by atoms with Crippen LogP contribution in [0, 0.1) is 0 Å². The molecule has 0 aliphatic rings. The first kappa shape index (κ1) is 9.23. The number of pyridine rings is 1. The molecule has 4 nitrogen and oxygen atoms in total. The fourth-order valence-corrected chi connectivity index (χ4v) is 2.24. The fraction of sp³-hybridized carbons (Fsp3) is 0. The highest BCUT2D eigenvalue weighted by atomic mass is 32.1. The molecular weight excluding hydrogens is 220 g/mol.